The summed E-state index contributed by atoms with van der Waals surface area (Å²) in [7, 11) is -2.71. The summed E-state index contributed by atoms with van der Waals surface area (Å²) in [5, 5.41) is 8.28. The van der Waals surface area contributed by atoms with Gasteiger partial charge in [0, 0.05) is 19.7 Å². The van der Waals surface area contributed by atoms with Crippen LogP contribution in [0.1, 0.15) is 65.0 Å². The van der Waals surface area contributed by atoms with E-state index in [0.29, 0.717) is 24.8 Å². The van der Waals surface area contributed by atoms with E-state index in [1.54, 1.807) is 27.8 Å². The quantitative estimate of drug-likeness (QED) is 0.591. The predicted octanol–water partition coefficient (Wildman–Crippen LogP) is 1.78. The number of aromatic amines is 1. The molecule has 0 aromatic carbocycles. The van der Waals surface area contributed by atoms with Gasteiger partial charge >= 0.3 is 13.3 Å². The lowest BCUT2D eigenvalue weighted by atomic mass is 9.99. The summed E-state index contributed by atoms with van der Waals surface area (Å²) in [6.45, 7) is 6.21. The highest BCUT2D eigenvalue weighted by atomic mass is 31.2. The van der Waals surface area contributed by atoms with Crippen molar-refractivity contribution in [3.8, 4) is 0 Å². The first kappa shape index (κ1) is 22.0. The molecule has 1 fully saturated rings. The van der Waals surface area contributed by atoms with E-state index in [1.807, 2.05) is 0 Å². The van der Waals surface area contributed by atoms with Crippen LogP contribution in [0.25, 0.3) is 0 Å². The van der Waals surface area contributed by atoms with Crippen molar-refractivity contribution in [1.82, 2.24) is 9.55 Å². The highest BCUT2D eigenvalue weighted by Gasteiger charge is 2.46. The number of rotatable bonds is 7. The summed E-state index contributed by atoms with van der Waals surface area (Å²) in [5.41, 5.74) is -1.61. The zero-order valence-electron chi connectivity index (χ0n) is 16.4. The SMILES string of the molecule is CCC(C)(O)P(=O)(O)OC(C)(C)CC1CC[C@H](c2cn(C)c(=O)[nH]c2=O)O1. The van der Waals surface area contributed by atoms with Gasteiger partial charge in [-0.1, -0.05) is 6.92 Å². The van der Waals surface area contributed by atoms with Gasteiger partial charge in [-0.15, -0.1) is 0 Å². The molecular weight excluding hydrogens is 375 g/mol. The Morgan fingerprint density at radius 2 is 2.00 bits per heavy atom. The van der Waals surface area contributed by atoms with E-state index in [1.165, 1.54) is 17.7 Å². The number of hydrogen-bond donors (Lipinski definition) is 3. The van der Waals surface area contributed by atoms with Crippen molar-refractivity contribution >= 4 is 7.60 Å². The number of nitrogens with one attached hydrogen (secondary N) is 1. The molecule has 0 spiro atoms. The van der Waals surface area contributed by atoms with E-state index < -0.39 is 35.9 Å². The van der Waals surface area contributed by atoms with Crippen LogP contribution in [0.5, 0.6) is 0 Å². The van der Waals surface area contributed by atoms with E-state index >= 15 is 0 Å². The highest BCUT2D eigenvalue weighted by molar-refractivity contribution is 7.54. The molecular formula is C17H29N2O7P. The van der Waals surface area contributed by atoms with Gasteiger partial charge in [-0.3, -0.25) is 14.3 Å². The van der Waals surface area contributed by atoms with Crippen LogP contribution in [0.15, 0.2) is 15.8 Å². The van der Waals surface area contributed by atoms with Crippen molar-refractivity contribution < 1.29 is 23.8 Å². The molecule has 154 valence electrons. The van der Waals surface area contributed by atoms with Crippen LogP contribution in [-0.2, 0) is 20.9 Å². The zero-order chi connectivity index (χ0) is 20.6. The maximum Gasteiger partial charge on any atom is 0.359 e. The molecule has 0 radical (unpaired) electrons. The molecule has 9 nitrogen and oxygen atoms in total. The fourth-order valence-electron chi connectivity index (χ4n) is 3.12. The molecule has 4 atom stereocenters. The lowest BCUT2D eigenvalue weighted by molar-refractivity contribution is -0.0224. The molecule has 10 heteroatoms. The molecule has 3 N–H and O–H groups in total. The van der Waals surface area contributed by atoms with Gasteiger partial charge in [0.25, 0.3) is 5.56 Å². The molecule has 0 amide bonds. The largest absolute Gasteiger partial charge is 0.378 e. The molecule has 0 saturated carbocycles. The topological polar surface area (TPSA) is 131 Å². The van der Waals surface area contributed by atoms with Crippen molar-refractivity contribution in [3.63, 3.8) is 0 Å². The molecule has 0 aliphatic carbocycles. The zero-order valence-corrected chi connectivity index (χ0v) is 17.3. The third kappa shape index (κ3) is 4.97. The smallest absolute Gasteiger partial charge is 0.359 e. The van der Waals surface area contributed by atoms with Crippen LogP contribution in [0.2, 0.25) is 0 Å². The van der Waals surface area contributed by atoms with Gasteiger partial charge in [0.1, 0.15) is 0 Å². The van der Waals surface area contributed by atoms with Gasteiger partial charge in [0.2, 0.25) is 0 Å². The maximum atomic E-state index is 12.4. The molecule has 0 bridgehead atoms. The first-order valence-electron chi connectivity index (χ1n) is 8.99. The Kier molecular flexibility index (Phi) is 6.24. The highest BCUT2D eigenvalue weighted by Crippen LogP contribution is 2.58. The van der Waals surface area contributed by atoms with Crippen LogP contribution >= 0.6 is 7.60 Å². The standard InChI is InChI=1S/C17H29N2O7P/c1-6-17(4,22)27(23,24)26-16(2,3)9-11-7-8-13(25-11)12-10-19(5)15(21)18-14(12)20/h10-11,13,22H,6-9H2,1-5H3,(H,23,24)(H,18,20,21)/t11?,13-,17?/m1/s1. The van der Waals surface area contributed by atoms with Crippen LogP contribution < -0.4 is 11.2 Å². The first-order valence-corrected chi connectivity index (χ1v) is 10.6. The van der Waals surface area contributed by atoms with Crippen molar-refractivity contribution in [2.75, 3.05) is 0 Å². The Hall–Kier alpha value is -1.25. The Labute approximate surface area is 157 Å². The summed E-state index contributed by atoms with van der Waals surface area (Å²) in [6.07, 6.45) is 2.35. The fourth-order valence-corrected chi connectivity index (χ4v) is 4.46. The average molecular weight is 404 g/mol. The molecule has 1 aliphatic heterocycles. The van der Waals surface area contributed by atoms with E-state index in [4.69, 9.17) is 9.26 Å². The lowest BCUT2D eigenvalue weighted by Gasteiger charge is -2.35. The summed E-state index contributed by atoms with van der Waals surface area (Å²) < 4.78 is 25.1. The summed E-state index contributed by atoms with van der Waals surface area (Å²) in [6, 6.07) is 0. The Balaban J connectivity index is 2.07. The monoisotopic (exact) mass is 404 g/mol. The normalized spacial score (nSPS) is 25.1. The number of H-pyrrole nitrogens is 1. The van der Waals surface area contributed by atoms with Gasteiger partial charge in [-0.2, -0.15) is 0 Å². The molecule has 2 rings (SSSR count). The molecule has 1 aromatic heterocycles. The minimum Gasteiger partial charge on any atom is -0.378 e. The van der Waals surface area contributed by atoms with Gasteiger partial charge in [0.05, 0.1) is 23.4 Å². The van der Waals surface area contributed by atoms with Crippen molar-refractivity contribution in [2.24, 2.45) is 7.05 Å². The Bertz CT molecular complexity index is 842. The number of aromatic nitrogens is 2. The summed E-state index contributed by atoms with van der Waals surface area (Å²) >= 11 is 0. The maximum absolute atomic E-state index is 12.4. The number of hydrogen-bond acceptors (Lipinski definition) is 6. The number of aliphatic hydroxyl groups is 1. The van der Waals surface area contributed by atoms with Crippen molar-refractivity contribution in [2.45, 2.75) is 76.5 Å². The van der Waals surface area contributed by atoms with Gasteiger partial charge < -0.3 is 23.8 Å². The number of aryl methyl sites for hydroxylation is 1. The molecule has 1 saturated heterocycles. The second-order valence-corrected chi connectivity index (χ2v) is 10.1. The fraction of sp³-hybridized carbons (Fsp3) is 0.765. The number of nitrogens with zero attached hydrogens (tertiary/aromatic N) is 1. The van der Waals surface area contributed by atoms with Crippen LogP contribution in [0.3, 0.4) is 0 Å². The van der Waals surface area contributed by atoms with Gasteiger partial charge in [0.15, 0.2) is 5.34 Å². The third-order valence-electron chi connectivity index (χ3n) is 4.96. The van der Waals surface area contributed by atoms with Gasteiger partial charge in [-0.25, -0.2) is 4.79 Å². The van der Waals surface area contributed by atoms with E-state index in [9.17, 15) is 24.2 Å². The Morgan fingerprint density at radius 1 is 1.37 bits per heavy atom. The predicted molar refractivity (Wildman–Crippen MR) is 99.7 cm³/mol. The molecule has 1 aliphatic rings. The minimum absolute atomic E-state index is 0.0777. The van der Waals surface area contributed by atoms with E-state index in [2.05, 4.69) is 4.98 Å². The minimum atomic E-state index is -4.26. The third-order valence-corrected chi connectivity index (χ3v) is 7.23. The second kappa shape index (κ2) is 7.64. The molecule has 1 aromatic rings. The Morgan fingerprint density at radius 3 is 2.59 bits per heavy atom. The van der Waals surface area contributed by atoms with Crippen LogP contribution in [0.4, 0.5) is 0 Å². The average Bonchev–Trinajstić information content (AvgIpc) is 2.96. The molecule has 2 heterocycles. The van der Waals surface area contributed by atoms with E-state index in [-0.39, 0.29) is 12.5 Å². The van der Waals surface area contributed by atoms with E-state index in [0.717, 1.165) is 0 Å². The van der Waals surface area contributed by atoms with Crippen molar-refractivity contribution in [1.29, 1.82) is 0 Å². The summed E-state index contributed by atoms with van der Waals surface area (Å²) in [5.74, 6) is 0. The lowest BCUT2D eigenvalue weighted by Crippen LogP contribution is -2.34. The van der Waals surface area contributed by atoms with Crippen LogP contribution in [-0.4, -0.2) is 36.6 Å². The number of ether oxygens (including phenoxy) is 1. The second-order valence-electron chi connectivity index (χ2n) is 7.92. The molecule has 3 unspecified atom stereocenters. The van der Waals surface area contributed by atoms with Crippen LogP contribution in [0, 0.1) is 0 Å². The molecule has 27 heavy (non-hydrogen) atoms. The van der Waals surface area contributed by atoms with Crippen molar-refractivity contribution in [3.05, 3.63) is 32.6 Å². The summed E-state index contributed by atoms with van der Waals surface area (Å²) in [4.78, 5) is 35.9. The van der Waals surface area contributed by atoms with Gasteiger partial charge in [-0.05, 0) is 40.0 Å². The first-order chi connectivity index (χ1) is 12.3.